The van der Waals surface area contributed by atoms with E-state index in [1.165, 1.54) is 22.5 Å². The number of aryl methyl sites for hydroxylation is 2. The predicted octanol–water partition coefficient (Wildman–Crippen LogP) is -1.87. The molecule has 8 heteroatoms. The highest BCUT2D eigenvalue weighted by Crippen LogP contribution is 2.03. The first kappa shape index (κ1) is 12.5. The van der Waals surface area contributed by atoms with Crippen molar-refractivity contribution in [1.29, 1.82) is 0 Å². The van der Waals surface area contributed by atoms with Gasteiger partial charge in [-0.1, -0.05) is 0 Å². The minimum absolute atomic E-state index is 0.0513. The first-order valence-electron chi connectivity index (χ1n) is 5.40. The van der Waals surface area contributed by atoms with Crippen LogP contribution in [-0.2, 0) is 20.6 Å². The summed E-state index contributed by atoms with van der Waals surface area (Å²) in [7, 11) is 3.18. The highest BCUT2D eigenvalue weighted by atomic mass is 16.5. The Morgan fingerprint density at radius 3 is 2.61 bits per heavy atom. The van der Waals surface area contributed by atoms with E-state index in [4.69, 9.17) is 10.2 Å². The summed E-state index contributed by atoms with van der Waals surface area (Å²) < 4.78 is 3.77. The van der Waals surface area contributed by atoms with Gasteiger partial charge in [-0.2, -0.15) is 0 Å². The molecular formula is C10H14N4O4. The quantitative estimate of drug-likeness (QED) is 0.625. The standard InChI is InChI=1S/C10H14N4O4/c1-12-5-11-8-7(12)9(17)14(4-3-6(15)16)10(18)13(8)2/h5-6,15-16H,3-4H2,1-2H3. The molecule has 0 saturated carbocycles. The van der Waals surface area contributed by atoms with E-state index in [0.717, 1.165) is 4.57 Å². The molecule has 0 aliphatic carbocycles. The van der Waals surface area contributed by atoms with E-state index in [1.54, 1.807) is 7.05 Å². The van der Waals surface area contributed by atoms with E-state index >= 15 is 0 Å². The normalized spacial score (nSPS) is 11.6. The molecule has 0 bridgehead atoms. The molecule has 0 amide bonds. The van der Waals surface area contributed by atoms with Crippen molar-refractivity contribution in [1.82, 2.24) is 18.7 Å². The van der Waals surface area contributed by atoms with Gasteiger partial charge in [0, 0.05) is 27.1 Å². The first-order chi connectivity index (χ1) is 8.43. The Bertz CT molecular complexity index is 694. The van der Waals surface area contributed by atoms with Crippen LogP contribution in [0.3, 0.4) is 0 Å². The zero-order valence-corrected chi connectivity index (χ0v) is 10.1. The van der Waals surface area contributed by atoms with E-state index in [2.05, 4.69) is 4.98 Å². The highest BCUT2D eigenvalue weighted by molar-refractivity contribution is 5.69. The molecule has 0 unspecified atom stereocenters. The van der Waals surface area contributed by atoms with E-state index in [-0.39, 0.29) is 13.0 Å². The number of aliphatic hydroxyl groups is 2. The van der Waals surface area contributed by atoms with Crippen LogP contribution in [0.15, 0.2) is 15.9 Å². The summed E-state index contributed by atoms with van der Waals surface area (Å²) in [6, 6.07) is 0. The van der Waals surface area contributed by atoms with Gasteiger partial charge < -0.3 is 14.8 Å². The van der Waals surface area contributed by atoms with Gasteiger partial charge in [0.05, 0.1) is 6.33 Å². The largest absolute Gasteiger partial charge is 0.368 e. The Labute approximate surface area is 101 Å². The van der Waals surface area contributed by atoms with Gasteiger partial charge in [0.25, 0.3) is 5.56 Å². The van der Waals surface area contributed by atoms with Crippen molar-refractivity contribution >= 4 is 11.2 Å². The Morgan fingerprint density at radius 2 is 2.00 bits per heavy atom. The molecule has 2 N–H and O–H groups in total. The van der Waals surface area contributed by atoms with Gasteiger partial charge in [-0.05, 0) is 0 Å². The number of nitrogens with zero attached hydrogens (tertiary/aromatic N) is 4. The Hall–Kier alpha value is -1.93. The van der Waals surface area contributed by atoms with E-state index in [0.29, 0.717) is 11.2 Å². The molecule has 0 aliphatic heterocycles. The summed E-state index contributed by atoms with van der Waals surface area (Å²) in [5.41, 5.74) is -0.376. The number of aliphatic hydroxyl groups excluding tert-OH is 1. The second-order valence-corrected chi connectivity index (χ2v) is 4.10. The lowest BCUT2D eigenvalue weighted by atomic mass is 10.4. The molecule has 0 saturated heterocycles. The van der Waals surface area contributed by atoms with Crippen LogP contribution in [0.4, 0.5) is 0 Å². The second-order valence-electron chi connectivity index (χ2n) is 4.10. The van der Waals surface area contributed by atoms with Gasteiger partial charge in [0.2, 0.25) is 0 Å². The van der Waals surface area contributed by atoms with Gasteiger partial charge in [-0.15, -0.1) is 0 Å². The lowest BCUT2D eigenvalue weighted by molar-refractivity contribution is -0.0480. The third-order valence-electron chi connectivity index (χ3n) is 2.81. The molecule has 2 rings (SSSR count). The fraction of sp³-hybridized carbons (Fsp3) is 0.500. The summed E-state index contributed by atoms with van der Waals surface area (Å²) in [4.78, 5) is 28.0. The molecule has 0 atom stereocenters. The maximum Gasteiger partial charge on any atom is 0.332 e. The van der Waals surface area contributed by atoms with Gasteiger partial charge >= 0.3 is 5.69 Å². The average Bonchev–Trinajstić information content (AvgIpc) is 2.68. The molecule has 0 fully saturated rings. The second kappa shape index (κ2) is 4.39. The molecule has 2 heterocycles. The van der Waals surface area contributed by atoms with E-state index in [1.807, 2.05) is 0 Å². The Kier molecular flexibility index (Phi) is 3.05. The van der Waals surface area contributed by atoms with Crippen molar-refractivity contribution in [3.05, 3.63) is 27.2 Å². The lowest BCUT2D eigenvalue weighted by Gasteiger charge is -2.09. The minimum atomic E-state index is -1.55. The minimum Gasteiger partial charge on any atom is -0.368 e. The molecule has 8 nitrogen and oxygen atoms in total. The maximum absolute atomic E-state index is 12.1. The van der Waals surface area contributed by atoms with Gasteiger partial charge in [-0.3, -0.25) is 13.9 Å². The Morgan fingerprint density at radius 1 is 1.33 bits per heavy atom. The van der Waals surface area contributed by atoms with Gasteiger partial charge in [0.15, 0.2) is 17.5 Å². The number of imidazole rings is 1. The summed E-state index contributed by atoms with van der Waals surface area (Å²) in [6.45, 7) is -0.0513. The molecular weight excluding hydrogens is 240 g/mol. The number of aromatic nitrogens is 4. The van der Waals surface area contributed by atoms with Crippen LogP contribution in [0.2, 0.25) is 0 Å². The van der Waals surface area contributed by atoms with Crippen molar-refractivity contribution in [2.45, 2.75) is 19.3 Å². The lowest BCUT2D eigenvalue weighted by Crippen LogP contribution is -2.40. The maximum atomic E-state index is 12.1. The monoisotopic (exact) mass is 254 g/mol. The number of hydrogen-bond acceptors (Lipinski definition) is 5. The average molecular weight is 254 g/mol. The smallest absolute Gasteiger partial charge is 0.332 e. The molecule has 18 heavy (non-hydrogen) atoms. The van der Waals surface area contributed by atoms with Crippen LogP contribution in [0, 0.1) is 0 Å². The molecule has 0 aliphatic rings. The van der Waals surface area contributed by atoms with Crippen LogP contribution in [0.25, 0.3) is 11.2 Å². The first-order valence-corrected chi connectivity index (χ1v) is 5.40. The molecule has 2 aromatic rings. The van der Waals surface area contributed by atoms with Gasteiger partial charge in [-0.25, -0.2) is 9.78 Å². The van der Waals surface area contributed by atoms with Crippen LogP contribution in [0.1, 0.15) is 6.42 Å². The van der Waals surface area contributed by atoms with Crippen molar-refractivity contribution < 1.29 is 10.2 Å². The molecule has 0 spiro atoms. The summed E-state index contributed by atoms with van der Waals surface area (Å²) in [5.74, 6) is 0. The third kappa shape index (κ3) is 1.85. The number of rotatable bonds is 3. The van der Waals surface area contributed by atoms with Crippen LogP contribution in [0.5, 0.6) is 0 Å². The van der Waals surface area contributed by atoms with Crippen molar-refractivity contribution in [3.63, 3.8) is 0 Å². The fourth-order valence-corrected chi connectivity index (χ4v) is 1.84. The predicted molar refractivity (Wildman–Crippen MR) is 63.1 cm³/mol. The molecule has 2 aromatic heterocycles. The number of hydrogen-bond donors (Lipinski definition) is 2. The SMILES string of the molecule is Cn1cnc2c1c(=O)n(CCC(O)O)c(=O)n2C. The molecule has 98 valence electrons. The fourth-order valence-electron chi connectivity index (χ4n) is 1.84. The van der Waals surface area contributed by atoms with E-state index in [9.17, 15) is 9.59 Å². The van der Waals surface area contributed by atoms with Crippen LogP contribution >= 0.6 is 0 Å². The molecule has 0 radical (unpaired) electrons. The van der Waals surface area contributed by atoms with Gasteiger partial charge in [0.1, 0.15) is 0 Å². The van der Waals surface area contributed by atoms with Crippen molar-refractivity contribution in [2.75, 3.05) is 0 Å². The summed E-state index contributed by atoms with van der Waals surface area (Å²) >= 11 is 0. The van der Waals surface area contributed by atoms with Crippen molar-refractivity contribution in [3.8, 4) is 0 Å². The highest BCUT2D eigenvalue weighted by Gasteiger charge is 2.15. The summed E-state index contributed by atoms with van der Waals surface area (Å²) in [5, 5.41) is 17.6. The van der Waals surface area contributed by atoms with Crippen LogP contribution in [-0.4, -0.2) is 35.2 Å². The third-order valence-corrected chi connectivity index (χ3v) is 2.81. The Balaban J connectivity index is 2.70. The molecule has 0 aromatic carbocycles. The number of fused-ring (bicyclic) bond motifs is 1. The summed E-state index contributed by atoms with van der Waals surface area (Å²) in [6.07, 6.45) is -0.182. The van der Waals surface area contributed by atoms with Crippen LogP contribution < -0.4 is 11.2 Å². The topological polar surface area (TPSA) is 102 Å². The zero-order chi connectivity index (χ0) is 13.4. The van der Waals surface area contributed by atoms with E-state index < -0.39 is 17.5 Å². The van der Waals surface area contributed by atoms with Crippen molar-refractivity contribution in [2.24, 2.45) is 14.1 Å². The zero-order valence-electron chi connectivity index (χ0n) is 10.1.